The molecule has 0 aliphatic carbocycles. The standard InChI is InChI=1S/C26H31N3O5/c1-17(30)19-11-8-12-20(15-19)28-25(33)27-16-23(31)29-21(18-9-6-5-7-10-18)13-14-22(29)24(32)34-26(2,3)4/h5-12,15,21-22H,13-14,16H2,1-4H3,(H2,27,28,33). The number of likely N-dealkylation sites (tertiary alicyclic amines) is 1. The van der Waals surface area contributed by atoms with Gasteiger partial charge in [0.1, 0.15) is 11.6 Å². The van der Waals surface area contributed by atoms with E-state index in [1.54, 1.807) is 45.0 Å². The SMILES string of the molecule is CC(=O)c1cccc(NC(=O)NCC(=O)N2C(C(=O)OC(C)(C)C)CCC2c2ccccc2)c1. The average Bonchev–Trinajstić information content (AvgIpc) is 3.23. The second kappa shape index (κ2) is 10.5. The molecule has 34 heavy (non-hydrogen) atoms. The molecular formula is C26H31N3O5. The van der Waals surface area contributed by atoms with Crippen LogP contribution in [0.2, 0.25) is 0 Å². The number of urea groups is 1. The first-order valence-electron chi connectivity index (χ1n) is 11.3. The Morgan fingerprint density at radius 3 is 2.35 bits per heavy atom. The van der Waals surface area contributed by atoms with Crippen LogP contribution in [0.3, 0.4) is 0 Å². The zero-order valence-corrected chi connectivity index (χ0v) is 20.0. The summed E-state index contributed by atoms with van der Waals surface area (Å²) in [6.07, 6.45) is 1.09. The van der Waals surface area contributed by atoms with Gasteiger partial charge in [-0.25, -0.2) is 9.59 Å². The minimum Gasteiger partial charge on any atom is -0.458 e. The number of nitrogens with zero attached hydrogens (tertiary/aromatic N) is 1. The quantitative estimate of drug-likeness (QED) is 0.494. The van der Waals surface area contributed by atoms with Crippen LogP contribution in [0.25, 0.3) is 0 Å². The molecule has 3 rings (SSSR count). The van der Waals surface area contributed by atoms with Crippen molar-refractivity contribution in [1.29, 1.82) is 0 Å². The van der Waals surface area contributed by atoms with Gasteiger partial charge < -0.3 is 20.3 Å². The van der Waals surface area contributed by atoms with Crippen molar-refractivity contribution in [3.63, 3.8) is 0 Å². The number of carbonyl (C=O) groups excluding carboxylic acids is 4. The van der Waals surface area contributed by atoms with Crippen molar-refractivity contribution in [2.45, 2.75) is 58.2 Å². The van der Waals surface area contributed by atoms with Crippen molar-refractivity contribution in [3.8, 4) is 0 Å². The largest absolute Gasteiger partial charge is 0.458 e. The molecule has 8 nitrogen and oxygen atoms in total. The lowest BCUT2D eigenvalue weighted by atomic mass is 10.0. The maximum atomic E-state index is 13.2. The number of hydrogen-bond donors (Lipinski definition) is 2. The summed E-state index contributed by atoms with van der Waals surface area (Å²) >= 11 is 0. The first-order chi connectivity index (χ1) is 16.0. The van der Waals surface area contributed by atoms with Gasteiger partial charge >= 0.3 is 12.0 Å². The Morgan fingerprint density at radius 2 is 1.71 bits per heavy atom. The lowest BCUT2D eigenvalue weighted by Crippen LogP contribution is -2.48. The topological polar surface area (TPSA) is 105 Å². The van der Waals surface area contributed by atoms with Gasteiger partial charge in [0.25, 0.3) is 0 Å². The Balaban J connectivity index is 1.71. The fourth-order valence-corrected chi connectivity index (χ4v) is 4.00. The van der Waals surface area contributed by atoms with E-state index in [4.69, 9.17) is 4.74 Å². The zero-order chi connectivity index (χ0) is 24.9. The molecule has 180 valence electrons. The van der Waals surface area contributed by atoms with Crippen LogP contribution in [-0.4, -0.2) is 46.8 Å². The van der Waals surface area contributed by atoms with Crippen molar-refractivity contribution in [2.24, 2.45) is 0 Å². The van der Waals surface area contributed by atoms with E-state index in [9.17, 15) is 19.2 Å². The number of hydrogen-bond acceptors (Lipinski definition) is 5. The maximum Gasteiger partial charge on any atom is 0.329 e. The number of esters is 1. The molecule has 2 aromatic rings. The number of anilines is 1. The van der Waals surface area contributed by atoms with Crippen molar-refractivity contribution >= 4 is 29.4 Å². The predicted octanol–water partition coefficient (Wildman–Crippen LogP) is 4.08. The van der Waals surface area contributed by atoms with Gasteiger partial charge in [-0.05, 0) is 58.2 Å². The summed E-state index contributed by atoms with van der Waals surface area (Å²) in [5.74, 6) is -0.951. The first kappa shape index (κ1) is 25.0. The van der Waals surface area contributed by atoms with E-state index in [0.29, 0.717) is 24.1 Å². The van der Waals surface area contributed by atoms with Crippen LogP contribution in [-0.2, 0) is 14.3 Å². The van der Waals surface area contributed by atoms with Crippen LogP contribution in [0.5, 0.6) is 0 Å². The van der Waals surface area contributed by atoms with E-state index in [-0.39, 0.29) is 24.3 Å². The smallest absolute Gasteiger partial charge is 0.329 e. The fourth-order valence-electron chi connectivity index (χ4n) is 4.00. The third kappa shape index (κ3) is 6.43. The van der Waals surface area contributed by atoms with Crippen LogP contribution in [0.4, 0.5) is 10.5 Å². The number of Topliss-reactive ketones (excluding diaryl/α,β-unsaturated/α-hetero) is 1. The molecule has 0 radical (unpaired) electrons. The lowest BCUT2D eigenvalue weighted by Gasteiger charge is -2.31. The number of carbonyl (C=O) groups is 4. The summed E-state index contributed by atoms with van der Waals surface area (Å²) in [6.45, 7) is 6.51. The molecule has 2 unspecified atom stereocenters. The number of amides is 3. The Kier molecular flexibility index (Phi) is 7.71. The van der Waals surface area contributed by atoms with E-state index in [0.717, 1.165) is 5.56 Å². The second-order valence-corrected chi connectivity index (χ2v) is 9.30. The normalized spacial score (nSPS) is 17.7. The average molecular weight is 466 g/mol. The molecule has 1 heterocycles. The number of rotatable bonds is 6. The first-order valence-corrected chi connectivity index (χ1v) is 11.3. The van der Waals surface area contributed by atoms with Gasteiger partial charge in [0.05, 0.1) is 12.6 Å². The monoisotopic (exact) mass is 465 g/mol. The second-order valence-electron chi connectivity index (χ2n) is 9.30. The molecule has 2 aromatic carbocycles. The van der Waals surface area contributed by atoms with E-state index >= 15 is 0 Å². The highest BCUT2D eigenvalue weighted by Crippen LogP contribution is 2.37. The molecule has 1 saturated heterocycles. The summed E-state index contributed by atoms with van der Waals surface area (Å²) < 4.78 is 5.56. The molecule has 3 amide bonds. The maximum absolute atomic E-state index is 13.2. The number of ketones is 1. The van der Waals surface area contributed by atoms with Crippen molar-refractivity contribution < 1.29 is 23.9 Å². The van der Waals surface area contributed by atoms with Crippen molar-refractivity contribution in [2.75, 3.05) is 11.9 Å². The molecule has 1 aliphatic heterocycles. The third-order valence-electron chi connectivity index (χ3n) is 5.46. The Morgan fingerprint density at radius 1 is 1.00 bits per heavy atom. The van der Waals surface area contributed by atoms with Gasteiger partial charge in [-0.15, -0.1) is 0 Å². The third-order valence-corrected chi connectivity index (χ3v) is 5.46. The molecule has 1 aliphatic rings. The van der Waals surface area contributed by atoms with Gasteiger partial charge in [-0.3, -0.25) is 9.59 Å². The summed E-state index contributed by atoms with van der Waals surface area (Å²) in [5, 5.41) is 5.18. The molecule has 0 spiro atoms. The van der Waals surface area contributed by atoms with Crippen LogP contribution in [0, 0.1) is 0 Å². The van der Waals surface area contributed by atoms with Gasteiger partial charge in [0.2, 0.25) is 5.91 Å². The molecule has 0 saturated carbocycles. The van der Waals surface area contributed by atoms with Gasteiger partial charge in [-0.2, -0.15) is 0 Å². The molecular weight excluding hydrogens is 434 g/mol. The molecule has 2 N–H and O–H groups in total. The number of nitrogens with one attached hydrogen (secondary N) is 2. The van der Waals surface area contributed by atoms with E-state index < -0.39 is 23.6 Å². The van der Waals surface area contributed by atoms with Crippen molar-refractivity contribution in [1.82, 2.24) is 10.2 Å². The molecule has 1 fully saturated rings. The van der Waals surface area contributed by atoms with E-state index in [1.807, 2.05) is 30.3 Å². The van der Waals surface area contributed by atoms with Crippen LogP contribution in [0.1, 0.15) is 62.5 Å². The minimum absolute atomic E-state index is 0.117. The molecule has 8 heteroatoms. The van der Waals surface area contributed by atoms with Crippen LogP contribution in [0.15, 0.2) is 54.6 Å². The summed E-state index contributed by atoms with van der Waals surface area (Å²) in [5.41, 5.74) is 1.15. The molecule has 0 aromatic heterocycles. The zero-order valence-electron chi connectivity index (χ0n) is 20.0. The summed E-state index contributed by atoms with van der Waals surface area (Å²) in [4.78, 5) is 51.6. The minimum atomic E-state index is -0.728. The van der Waals surface area contributed by atoms with Crippen molar-refractivity contribution in [3.05, 3.63) is 65.7 Å². The van der Waals surface area contributed by atoms with E-state index in [2.05, 4.69) is 10.6 Å². The highest BCUT2D eigenvalue weighted by atomic mass is 16.6. The van der Waals surface area contributed by atoms with Gasteiger partial charge in [0, 0.05) is 11.3 Å². The number of benzene rings is 2. The van der Waals surface area contributed by atoms with Gasteiger partial charge in [-0.1, -0.05) is 42.5 Å². The van der Waals surface area contributed by atoms with Crippen LogP contribution >= 0.6 is 0 Å². The Bertz CT molecular complexity index is 1060. The van der Waals surface area contributed by atoms with Gasteiger partial charge in [0.15, 0.2) is 5.78 Å². The number of ether oxygens (including phenoxy) is 1. The highest BCUT2D eigenvalue weighted by molar-refractivity contribution is 5.97. The Labute approximate surface area is 199 Å². The lowest BCUT2D eigenvalue weighted by molar-refractivity contribution is -0.164. The Hall–Kier alpha value is -3.68. The summed E-state index contributed by atoms with van der Waals surface area (Å²) in [6, 6.07) is 14.4. The molecule has 0 bridgehead atoms. The molecule has 2 atom stereocenters. The summed E-state index contributed by atoms with van der Waals surface area (Å²) in [7, 11) is 0. The predicted molar refractivity (Wildman–Crippen MR) is 128 cm³/mol. The fraction of sp³-hybridized carbons (Fsp3) is 0.385. The highest BCUT2D eigenvalue weighted by Gasteiger charge is 2.43. The van der Waals surface area contributed by atoms with Crippen LogP contribution < -0.4 is 10.6 Å². The van der Waals surface area contributed by atoms with E-state index in [1.165, 1.54) is 11.8 Å².